The Morgan fingerprint density at radius 1 is 1.00 bits per heavy atom. The van der Waals surface area contributed by atoms with Crippen molar-refractivity contribution in [2.75, 3.05) is 40.1 Å². The van der Waals surface area contributed by atoms with E-state index in [9.17, 15) is 0 Å². The minimum Gasteiger partial charge on any atom is -0.382 e. The van der Waals surface area contributed by atoms with Gasteiger partial charge in [-0.05, 0) is 5.56 Å². The predicted octanol–water partition coefficient (Wildman–Crippen LogP) is 1.37. The molecule has 0 fully saturated rings. The topological polar surface area (TPSA) is 53.7 Å². The maximum absolute atomic E-state index is 5.97. The molecule has 0 bridgehead atoms. The lowest BCUT2D eigenvalue weighted by Gasteiger charge is -2.12. The molecule has 1 aromatic carbocycles. The summed E-state index contributed by atoms with van der Waals surface area (Å²) in [5, 5.41) is 0. The molecule has 0 aliphatic rings. The van der Waals surface area contributed by atoms with Crippen LogP contribution in [0.1, 0.15) is 11.6 Å². The van der Waals surface area contributed by atoms with Gasteiger partial charge in [-0.15, -0.1) is 0 Å². The van der Waals surface area contributed by atoms with Crippen molar-refractivity contribution in [1.82, 2.24) is 0 Å². The van der Waals surface area contributed by atoms with Crippen LogP contribution in [0.2, 0.25) is 0 Å². The first-order valence-electron chi connectivity index (χ1n) is 5.79. The van der Waals surface area contributed by atoms with Gasteiger partial charge in [0.05, 0.1) is 39.1 Å². The monoisotopic (exact) mass is 239 g/mol. The Morgan fingerprint density at radius 2 is 1.65 bits per heavy atom. The van der Waals surface area contributed by atoms with Crippen molar-refractivity contribution in [2.45, 2.75) is 6.04 Å². The molecule has 0 radical (unpaired) electrons. The number of benzene rings is 1. The fraction of sp³-hybridized carbons (Fsp3) is 0.538. The van der Waals surface area contributed by atoms with Gasteiger partial charge in [-0.25, -0.2) is 0 Å². The Labute approximate surface area is 103 Å². The van der Waals surface area contributed by atoms with Crippen molar-refractivity contribution in [3.05, 3.63) is 35.9 Å². The van der Waals surface area contributed by atoms with Crippen LogP contribution in [0, 0.1) is 0 Å². The van der Waals surface area contributed by atoms with Crippen molar-refractivity contribution in [1.29, 1.82) is 0 Å². The van der Waals surface area contributed by atoms with Gasteiger partial charge in [0, 0.05) is 7.11 Å². The molecule has 1 aromatic rings. The summed E-state index contributed by atoms with van der Waals surface area (Å²) in [4.78, 5) is 0. The van der Waals surface area contributed by atoms with E-state index in [-0.39, 0.29) is 6.04 Å². The quantitative estimate of drug-likeness (QED) is 0.661. The van der Waals surface area contributed by atoms with Crippen LogP contribution in [0.25, 0.3) is 0 Å². The van der Waals surface area contributed by atoms with E-state index < -0.39 is 0 Å². The van der Waals surface area contributed by atoms with E-state index in [1.54, 1.807) is 7.11 Å². The summed E-state index contributed by atoms with van der Waals surface area (Å²) < 4.78 is 15.6. The van der Waals surface area contributed by atoms with Crippen molar-refractivity contribution in [2.24, 2.45) is 5.73 Å². The summed E-state index contributed by atoms with van der Waals surface area (Å²) in [6.07, 6.45) is 0. The molecule has 1 atom stereocenters. The van der Waals surface area contributed by atoms with E-state index in [4.69, 9.17) is 19.9 Å². The minimum absolute atomic E-state index is 0.0739. The fourth-order valence-electron chi connectivity index (χ4n) is 1.37. The molecule has 0 amide bonds. The average molecular weight is 239 g/mol. The molecule has 0 aliphatic carbocycles. The zero-order chi connectivity index (χ0) is 12.3. The highest BCUT2D eigenvalue weighted by Gasteiger charge is 2.04. The van der Waals surface area contributed by atoms with Gasteiger partial charge in [-0.3, -0.25) is 0 Å². The van der Waals surface area contributed by atoms with Crippen LogP contribution in [-0.4, -0.2) is 40.1 Å². The van der Waals surface area contributed by atoms with Gasteiger partial charge in [0.15, 0.2) is 0 Å². The second kappa shape index (κ2) is 9.13. The summed E-state index contributed by atoms with van der Waals surface area (Å²) in [5.41, 5.74) is 7.06. The van der Waals surface area contributed by atoms with Gasteiger partial charge in [-0.1, -0.05) is 30.3 Å². The summed E-state index contributed by atoms with van der Waals surface area (Å²) >= 11 is 0. The number of nitrogens with two attached hydrogens (primary N) is 1. The van der Waals surface area contributed by atoms with Gasteiger partial charge in [0.2, 0.25) is 0 Å². The third kappa shape index (κ3) is 6.38. The largest absolute Gasteiger partial charge is 0.382 e. The Hall–Kier alpha value is -0.940. The van der Waals surface area contributed by atoms with Crippen LogP contribution in [0.4, 0.5) is 0 Å². The van der Waals surface area contributed by atoms with E-state index in [1.807, 2.05) is 30.3 Å². The van der Waals surface area contributed by atoms with Crippen molar-refractivity contribution < 1.29 is 14.2 Å². The van der Waals surface area contributed by atoms with E-state index >= 15 is 0 Å². The van der Waals surface area contributed by atoms with Crippen LogP contribution in [-0.2, 0) is 14.2 Å². The number of rotatable bonds is 9. The molecule has 2 N–H and O–H groups in total. The Bertz CT molecular complexity index is 279. The lowest BCUT2D eigenvalue weighted by molar-refractivity contribution is 0.0216. The highest BCUT2D eigenvalue weighted by molar-refractivity contribution is 5.18. The smallest absolute Gasteiger partial charge is 0.0701 e. The van der Waals surface area contributed by atoms with Crippen molar-refractivity contribution >= 4 is 0 Å². The summed E-state index contributed by atoms with van der Waals surface area (Å²) in [6.45, 7) is 2.86. The van der Waals surface area contributed by atoms with E-state index in [2.05, 4.69) is 0 Å². The lowest BCUT2D eigenvalue weighted by Crippen LogP contribution is -2.19. The third-order valence-electron chi connectivity index (χ3n) is 2.33. The predicted molar refractivity (Wildman–Crippen MR) is 66.9 cm³/mol. The summed E-state index contributed by atoms with van der Waals surface area (Å²) in [7, 11) is 1.65. The van der Waals surface area contributed by atoms with E-state index in [0.717, 1.165) is 5.56 Å². The molecular formula is C13H21NO3. The lowest BCUT2D eigenvalue weighted by atomic mass is 10.1. The molecule has 0 aliphatic heterocycles. The maximum atomic E-state index is 5.97. The molecule has 96 valence electrons. The SMILES string of the molecule is COCCOCCOCC(N)c1ccccc1. The number of hydrogen-bond donors (Lipinski definition) is 1. The molecular weight excluding hydrogens is 218 g/mol. The molecule has 1 rings (SSSR count). The maximum Gasteiger partial charge on any atom is 0.0701 e. The van der Waals surface area contributed by atoms with Gasteiger partial charge in [-0.2, -0.15) is 0 Å². The first kappa shape index (κ1) is 14.1. The van der Waals surface area contributed by atoms with Crippen LogP contribution < -0.4 is 5.73 Å². The second-order valence-corrected chi connectivity index (χ2v) is 3.70. The zero-order valence-corrected chi connectivity index (χ0v) is 10.3. The number of ether oxygens (including phenoxy) is 3. The third-order valence-corrected chi connectivity index (χ3v) is 2.33. The first-order valence-corrected chi connectivity index (χ1v) is 5.79. The summed E-state index contributed by atoms with van der Waals surface area (Å²) in [5.74, 6) is 0. The van der Waals surface area contributed by atoms with Crippen LogP contribution in [0.3, 0.4) is 0 Å². The highest BCUT2D eigenvalue weighted by atomic mass is 16.5. The van der Waals surface area contributed by atoms with Gasteiger partial charge >= 0.3 is 0 Å². The zero-order valence-electron chi connectivity index (χ0n) is 10.3. The highest BCUT2D eigenvalue weighted by Crippen LogP contribution is 2.09. The fourth-order valence-corrected chi connectivity index (χ4v) is 1.37. The Balaban J connectivity index is 2.03. The molecule has 0 spiro atoms. The van der Waals surface area contributed by atoms with Crippen LogP contribution in [0.15, 0.2) is 30.3 Å². The Kier molecular flexibility index (Phi) is 7.58. The molecule has 0 aromatic heterocycles. The molecule has 4 nitrogen and oxygen atoms in total. The van der Waals surface area contributed by atoms with Crippen molar-refractivity contribution in [3.8, 4) is 0 Å². The molecule has 1 unspecified atom stereocenters. The molecule has 0 saturated heterocycles. The number of hydrogen-bond acceptors (Lipinski definition) is 4. The van der Waals surface area contributed by atoms with Crippen LogP contribution in [0.5, 0.6) is 0 Å². The first-order chi connectivity index (χ1) is 8.34. The van der Waals surface area contributed by atoms with Crippen LogP contribution >= 0.6 is 0 Å². The van der Waals surface area contributed by atoms with Gasteiger partial charge in [0.1, 0.15) is 0 Å². The van der Waals surface area contributed by atoms with Crippen molar-refractivity contribution in [3.63, 3.8) is 0 Å². The normalized spacial score (nSPS) is 12.6. The standard InChI is InChI=1S/C13H21NO3/c1-15-7-8-16-9-10-17-11-13(14)12-5-3-2-4-6-12/h2-6,13H,7-11,14H2,1H3. The summed E-state index contributed by atoms with van der Waals surface area (Å²) in [6, 6.07) is 9.86. The molecule has 0 heterocycles. The number of methoxy groups -OCH3 is 1. The average Bonchev–Trinajstić information content (AvgIpc) is 2.38. The molecule has 4 heteroatoms. The van der Waals surface area contributed by atoms with E-state index in [1.165, 1.54) is 0 Å². The second-order valence-electron chi connectivity index (χ2n) is 3.70. The Morgan fingerprint density at radius 3 is 2.35 bits per heavy atom. The minimum atomic E-state index is -0.0739. The van der Waals surface area contributed by atoms with Gasteiger partial charge in [0.25, 0.3) is 0 Å². The van der Waals surface area contributed by atoms with E-state index in [0.29, 0.717) is 33.0 Å². The molecule has 0 saturated carbocycles. The molecule has 17 heavy (non-hydrogen) atoms. The van der Waals surface area contributed by atoms with Gasteiger partial charge < -0.3 is 19.9 Å².